The summed E-state index contributed by atoms with van der Waals surface area (Å²) in [6.07, 6.45) is 5.65. The van der Waals surface area contributed by atoms with Crippen LogP contribution in [0.1, 0.15) is 38.5 Å². The highest BCUT2D eigenvalue weighted by atomic mass is 16.4. The quantitative estimate of drug-likeness (QED) is 0.713. The maximum absolute atomic E-state index is 11.7. The molecule has 0 aliphatic heterocycles. The van der Waals surface area contributed by atoms with E-state index in [2.05, 4.69) is 13.2 Å². The van der Waals surface area contributed by atoms with Gasteiger partial charge in [0.1, 0.15) is 0 Å². The van der Waals surface area contributed by atoms with Crippen LogP contribution in [0, 0.1) is 10.8 Å². The molecule has 1 rings (SSSR count). The van der Waals surface area contributed by atoms with E-state index in [0.717, 1.165) is 12.8 Å². The Kier molecular flexibility index (Phi) is 4.33. The first-order valence-corrected chi connectivity index (χ1v) is 6.15. The van der Waals surface area contributed by atoms with Gasteiger partial charge in [-0.25, -0.2) is 0 Å². The van der Waals surface area contributed by atoms with E-state index in [1.165, 1.54) is 12.2 Å². The first kappa shape index (κ1) is 14.5. The number of allylic oxidation sites excluding steroid dienone is 2. The van der Waals surface area contributed by atoms with Crippen LogP contribution in [-0.4, -0.2) is 22.2 Å². The van der Waals surface area contributed by atoms with E-state index in [4.69, 9.17) is 0 Å². The SMILES string of the molecule is C=CCC1(C(=O)O)CCCCC1(CC=C)C(=O)O. The van der Waals surface area contributed by atoms with Gasteiger partial charge >= 0.3 is 11.9 Å². The number of carboxylic acids is 2. The van der Waals surface area contributed by atoms with Crippen molar-refractivity contribution >= 4 is 11.9 Å². The van der Waals surface area contributed by atoms with Gasteiger partial charge in [-0.15, -0.1) is 13.2 Å². The largest absolute Gasteiger partial charge is 0.481 e. The molecule has 0 saturated heterocycles. The molecule has 0 radical (unpaired) electrons. The van der Waals surface area contributed by atoms with Crippen LogP contribution in [-0.2, 0) is 9.59 Å². The first-order chi connectivity index (χ1) is 8.47. The highest BCUT2D eigenvalue weighted by molar-refractivity contribution is 5.87. The Bertz CT molecular complexity index is 338. The normalized spacial score (nSPS) is 31.6. The number of carboxylic acid groups (broad SMARTS) is 2. The average Bonchev–Trinajstić information content (AvgIpc) is 2.31. The van der Waals surface area contributed by atoms with Crippen molar-refractivity contribution in [3.05, 3.63) is 25.3 Å². The summed E-state index contributed by atoms with van der Waals surface area (Å²) < 4.78 is 0. The number of hydrogen-bond acceptors (Lipinski definition) is 2. The van der Waals surface area contributed by atoms with Crippen LogP contribution in [0.15, 0.2) is 25.3 Å². The Morgan fingerprint density at radius 1 is 0.944 bits per heavy atom. The summed E-state index contributed by atoms with van der Waals surface area (Å²) >= 11 is 0. The van der Waals surface area contributed by atoms with E-state index in [1.807, 2.05) is 0 Å². The van der Waals surface area contributed by atoms with Crippen LogP contribution >= 0.6 is 0 Å². The molecule has 2 atom stereocenters. The van der Waals surface area contributed by atoms with E-state index in [-0.39, 0.29) is 12.8 Å². The van der Waals surface area contributed by atoms with E-state index in [9.17, 15) is 19.8 Å². The molecule has 1 saturated carbocycles. The van der Waals surface area contributed by atoms with Crippen LogP contribution in [0.25, 0.3) is 0 Å². The molecule has 2 unspecified atom stereocenters. The number of hydrogen-bond donors (Lipinski definition) is 2. The molecule has 18 heavy (non-hydrogen) atoms. The topological polar surface area (TPSA) is 74.6 Å². The lowest BCUT2D eigenvalue weighted by molar-refractivity contribution is -0.179. The van der Waals surface area contributed by atoms with Crippen molar-refractivity contribution in [2.75, 3.05) is 0 Å². The molecule has 0 aromatic heterocycles. The van der Waals surface area contributed by atoms with Crippen molar-refractivity contribution in [2.24, 2.45) is 10.8 Å². The lowest BCUT2D eigenvalue weighted by Crippen LogP contribution is -2.54. The highest BCUT2D eigenvalue weighted by Crippen LogP contribution is 2.55. The van der Waals surface area contributed by atoms with Crippen LogP contribution in [0.5, 0.6) is 0 Å². The predicted octanol–water partition coefficient (Wildman–Crippen LogP) is 2.85. The fourth-order valence-corrected chi connectivity index (χ4v) is 3.22. The molecule has 0 heterocycles. The van der Waals surface area contributed by atoms with Gasteiger partial charge in [0, 0.05) is 0 Å². The van der Waals surface area contributed by atoms with Gasteiger partial charge in [0.25, 0.3) is 0 Å². The number of aliphatic carboxylic acids is 2. The summed E-state index contributed by atoms with van der Waals surface area (Å²) in [5.41, 5.74) is -2.51. The molecule has 0 spiro atoms. The minimum Gasteiger partial charge on any atom is -0.481 e. The summed E-state index contributed by atoms with van der Waals surface area (Å²) in [4.78, 5) is 23.4. The van der Waals surface area contributed by atoms with Gasteiger partial charge in [0.15, 0.2) is 0 Å². The van der Waals surface area contributed by atoms with Gasteiger partial charge < -0.3 is 10.2 Å². The molecule has 2 N–H and O–H groups in total. The Morgan fingerprint density at radius 2 is 1.28 bits per heavy atom. The predicted molar refractivity (Wildman–Crippen MR) is 68.2 cm³/mol. The molecule has 0 bridgehead atoms. The second kappa shape index (κ2) is 5.38. The van der Waals surface area contributed by atoms with Crippen LogP contribution in [0.3, 0.4) is 0 Å². The fraction of sp³-hybridized carbons (Fsp3) is 0.571. The van der Waals surface area contributed by atoms with Gasteiger partial charge in [-0.1, -0.05) is 25.0 Å². The van der Waals surface area contributed by atoms with Crippen molar-refractivity contribution in [2.45, 2.75) is 38.5 Å². The summed E-state index contributed by atoms with van der Waals surface area (Å²) in [5, 5.41) is 19.2. The second-order valence-corrected chi connectivity index (χ2v) is 4.97. The Labute approximate surface area is 107 Å². The van der Waals surface area contributed by atoms with E-state index >= 15 is 0 Å². The van der Waals surface area contributed by atoms with Gasteiger partial charge in [-0.2, -0.15) is 0 Å². The summed E-state index contributed by atoms with van der Waals surface area (Å²) in [5.74, 6) is -2.07. The second-order valence-electron chi connectivity index (χ2n) is 4.97. The van der Waals surface area contributed by atoms with E-state index in [0.29, 0.717) is 12.8 Å². The molecular weight excluding hydrogens is 232 g/mol. The summed E-state index contributed by atoms with van der Waals surface area (Å²) in [6.45, 7) is 7.17. The standard InChI is InChI=1S/C14H20O4/c1-3-7-13(11(15)16)9-5-6-10-14(13,8-4-2)12(17)18/h3-4H,1-2,5-10H2,(H,15,16)(H,17,18). The summed E-state index contributed by atoms with van der Waals surface area (Å²) in [6, 6.07) is 0. The van der Waals surface area contributed by atoms with Crippen LogP contribution in [0.4, 0.5) is 0 Å². The molecule has 0 aromatic carbocycles. The molecule has 4 nitrogen and oxygen atoms in total. The molecule has 0 aromatic rings. The molecule has 0 amide bonds. The Morgan fingerprint density at radius 3 is 1.50 bits per heavy atom. The monoisotopic (exact) mass is 252 g/mol. The minimum absolute atomic E-state index is 0.183. The number of carbonyl (C=O) groups is 2. The van der Waals surface area contributed by atoms with Crippen LogP contribution in [0.2, 0.25) is 0 Å². The van der Waals surface area contributed by atoms with E-state index < -0.39 is 22.8 Å². The van der Waals surface area contributed by atoms with Gasteiger partial charge in [0.05, 0.1) is 10.8 Å². The maximum atomic E-state index is 11.7. The third kappa shape index (κ3) is 1.96. The molecule has 1 fully saturated rings. The van der Waals surface area contributed by atoms with Crippen molar-refractivity contribution < 1.29 is 19.8 Å². The lowest BCUT2D eigenvalue weighted by atomic mass is 9.53. The average molecular weight is 252 g/mol. The third-order valence-electron chi connectivity index (χ3n) is 4.18. The first-order valence-electron chi connectivity index (χ1n) is 6.15. The third-order valence-corrected chi connectivity index (χ3v) is 4.18. The fourth-order valence-electron chi connectivity index (χ4n) is 3.22. The van der Waals surface area contributed by atoms with Gasteiger partial charge in [-0.05, 0) is 25.7 Å². The van der Waals surface area contributed by atoms with E-state index in [1.54, 1.807) is 0 Å². The van der Waals surface area contributed by atoms with Crippen LogP contribution < -0.4 is 0 Å². The van der Waals surface area contributed by atoms with Crippen molar-refractivity contribution in [1.29, 1.82) is 0 Å². The minimum atomic E-state index is -1.26. The van der Waals surface area contributed by atoms with Crippen molar-refractivity contribution in [3.8, 4) is 0 Å². The van der Waals surface area contributed by atoms with Gasteiger partial charge in [0.2, 0.25) is 0 Å². The zero-order valence-corrected chi connectivity index (χ0v) is 10.5. The number of rotatable bonds is 6. The summed E-state index contributed by atoms with van der Waals surface area (Å²) in [7, 11) is 0. The van der Waals surface area contributed by atoms with Gasteiger partial charge in [-0.3, -0.25) is 9.59 Å². The lowest BCUT2D eigenvalue weighted by Gasteiger charge is -2.47. The zero-order chi connectivity index (χ0) is 13.8. The molecular formula is C14H20O4. The Hall–Kier alpha value is -1.58. The maximum Gasteiger partial charge on any atom is 0.311 e. The zero-order valence-electron chi connectivity index (χ0n) is 10.5. The van der Waals surface area contributed by atoms with Crippen molar-refractivity contribution in [1.82, 2.24) is 0 Å². The smallest absolute Gasteiger partial charge is 0.311 e. The van der Waals surface area contributed by atoms with Crippen molar-refractivity contribution in [3.63, 3.8) is 0 Å². The highest BCUT2D eigenvalue weighted by Gasteiger charge is 2.60. The molecule has 1 aliphatic rings. The molecule has 4 heteroatoms. The molecule has 1 aliphatic carbocycles. The Balaban J connectivity index is 3.38. The molecule has 100 valence electrons.